The zero-order valence-corrected chi connectivity index (χ0v) is 9.41. The van der Waals surface area contributed by atoms with Crippen molar-refractivity contribution < 1.29 is 20.1 Å². The SMILES string of the molecule is CCCC(CCCO)(CCCO)C(=O)O. The summed E-state index contributed by atoms with van der Waals surface area (Å²) < 4.78 is 0. The molecule has 0 aliphatic heterocycles. The quantitative estimate of drug-likeness (QED) is 0.546. The van der Waals surface area contributed by atoms with Gasteiger partial charge in [-0.1, -0.05) is 13.3 Å². The van der Waals surface area contributed by atoms with E-state index in [-0.39, 0.29) is 13.2 Å². The van der Waals surface area contributed by atoms with Crippen LogP contribution in [0.3, 0.4) is 0 Å². The van der Waals surface area contributed by atoms with E-state index >= 15 is 0 Å². The molecule has 0 rings (SSSR count). The molecule has 0 atom stereocenters. The fourth-order valence-electron chi connectivity index (χ4n) is 2.01. The van der Waals surface area contributed by atoms with Crippen molar-refractivity contribution >= 4 is 5.97 Å². The highest BCUT2D eigenvalue weighted by Gasteiger charge is 2.36. The third-order valence-electron chi connectivity index (χ3n) is 2.81. The average molecular weight is 218 g/mol. The van der Waals surface area contributed by atoms with Gasteiger partial charge in [0.2, 0.25) is 0 Å². The molecule has 0 fully saturated rings. The second kappa shape index (κ2) is 7.65. The van der Waals surface area contributed by atoms with Crippen LogP contribution < -0.4 is 0 Å². The lowest BCUT2D eigenvalue weighted by molar-refractivity contribution is -0.151. The van der Waals surface area contributed by atoms with Gasteiger partial charge in [0.15, 0.2) is 0 Å². The Labute approximate surface area is 90.9 Å². The molecule has 0 aliphatic rings. The molecule has 15 heavy (non-hydrogen) atoms. The van der Waals surface area contributed by atoms with Crippen LogP contribution >= 0.6 is 0 Å². The molecular weight excluding hydrogens is 196 g/mol. The van der Waals surface area contributed by atoms with Crippen molar-refractivity contribution in [2.45, 2.75) is 45.4 Å². The van der Waals surface area contributed by atoms with E-state index in [9.17, 15) is 9.90 Å². The first-order valence-electron chi connectivity index (χ1n) is 5.58. The Morgan fingerprint density at radius 3 is 1.80 bits per heavy atom. The monoisotopic (exact) mass is 218 g/mol. The molecule has 0 amide bonds. The lowest BCUT2D eigenvalue weighted by Gasteiger charge is -2.28. The van der Waals surface area contributed by atoms with Crippen LogP contribution in [0.25, 0.3) is 0 Å². The third kappa shape index (κ3) is 4.62. The molecule has 0 saturated heterocycles. The Balaban J connectivity index is 4.48. The molecule has 0 saturated carbocycles. The maximum absolute atomic E-state index is 11.3. The van der Waals surface area contributed by atoms with Gasteiger partial charge >= 0.3 is 5.97 Å². The normalized spacial score (nSPS) is 11.7. The molecule has 0 aromatic carbocycles. The minimum absolute atomic E-state index is 0.0257. The highest BCUT2D eigenvalue weighted by atomic mass is 16.4. The fourth-order valence-corrected chi connectivity index (χ4v) is 2.01. The summed E-state index contributed by atoms with van der Waals surface area (Å²) in [6, 6.07) is 0. The zero-order chi connectivity index (χ0) is 11.7. The van der Waals surface area contributed by atoms with Gasteiger partial charge in [0.05, 0.1) is 5.41 Å². The van der Waals surface area contributed by atoms with Crippen LogP contribution in [0.1, 0.15) is 45.4 Å². The molecule has 0 spiro atoms. The summed E-state index contributed by atoms with van der Waals surface area (Å²) in [7, 11) is 0. The maximum Gasteiger partial charge on any atom is 0.309 e. The Hall–Kier alpha value is -0.610. The Kier molecular flexibility index (Phi) is 7.34. The van der Waals surface area contributed by atoms with Gasteiger partial charge in [-0.2, -0.15) is 0 Å². The molecule has 0 aliphatic carbocycles. The van der Waals surface area contributed by atoms with Gasteiger partial charge in [-0.3, -0.25) is 4.79 Å². The fraction of sp³-hybridized carbons (Fsp3) is 0.909. The first-order chi connectivity index (χ1) is 7.13. The van der Waals surface area contributed by atoms with E-state index < -0.39 is 11.4 Å². The van der Waals surface area contributed by atoms with Crippen LogP contribution in [0, 0.1) is 5.41 Å². The minimum Gasteiger partial charge on any atom is -0.481 e. The van der Waals surface area contributed by atoms with Crippen molar-refractivity contribution in [3.05, 3.63) is 0 Å². The molecule has 3 N–H and O–H groups in total. The predicted octanol–water partition coefficient (Wildman–Crippen LogP) is 1.40. The number of aliphatic hydroxyl groups is 2. The van der Waals surface area contributed by atoms with E-state index in [1.807, 2.05) is 6.92 Å². The van der Waals surface area contributed by atoms with E-state index in [4.69, 9.17) is 10.2 Å². The van der Waals surface area contributed by atoms with Crippen LogP contribution in [0.5, 0.6) is 0 Å². The van der Waals surface area contributed by atoms with E-state index in [1.165, 1.54) is 0 Å². The van der Waals surface area contributed by atoms with Crippen LogP contribution in [0.15, 0.2) is 0 Å². The second-order valence-electron chi connectivity index (χ2n) is 3.99. The van der Waals surface area contributed by atoms with Gasteiger partial charge in [-0.15, -0.1) is 0 Å². The average Bonchev–Trinajstić information content (AvgIpc) is 2.22. The van der Waals surface area contributed by atoms with Crippen molar-refractivity contribution in [3.8, 4) is 0 Å². The van der Waals surface area contributed by atoms with Gasteiger partial charge in [0, 0.05) is 13.2 Å². The number of carboxylic acid groups (broad SMARTS) is 1. The van der Waals surface area contributed by atoms with Crippen molar-refractivity contribution in [2.24, 2.45) is 5.41 Å². The maximum atomic E-state index is 11.3. The molecule has 0 radical (unpaired) electrons. The Morgan fingerprint density at radius 1 is 1.07 bits per heavy atom. The third-order valence-corrected chi connectivity index (χ3v) is 2.81. The van der Waals surface area contributed by atoms with E-state index in [1.54, 1.807) is 0 Å². The van der Waals surface area contributed by atoms with Crippen molar-refractivity contribution in [3.63, 3.8) is 0 Å². The van der Waals surface area contributed by atoms with E-state index in [0.717, 1.165) is 6.42 Å². The van der Waals surface area contributed by atoms with Gasteiger partial charge in [0.1, 0.15) is 0 Å². The smallest absolute Gasteiger partial charge is 0.309 e. The molecule has 0 bridgehead atoms. The van der Waals surface area contributed by atoms with Crippen molar-refractivity contribution in [2.75, 3.05) is 13.2 Å². The highest BCUT2D eigenvalue weighted by Crippen LogP contribution is 2.35. The highest BCUT2D eigenvalue weighted by molar-refractivity contribution is 5.74. The molecule has 0 unspecified atom stereocenters. The van der Waals surface area contributed by atoms with Crippen molar-refractivity contribution in [1.82, 2.24) is 0 Å². The number of hydrogen-bond donors (Lipinski definition) is 3. The van der Waals surface area contributed by atoms with Gasteiger partial charge in [0.25, 0.3) is 0 Å². The number of aliphatic carboxylic acids is 1. The molecule has 4 heteroatoms. The van der Waals surface area contributed by atoms with Crippen LogP contribution in [0.2, 0.25) is 0 Å². The number of aliphatic hydroxyl groups excluding tert-OH is 2. The van der Waals surface area contributed by atoms with Gasteiger partial charge in [-0.05, 0) is 32.1 Å². The first kappa shape index (κ1) is 14.4. The van der Waals surface area contributed by atoms with Crippen LogP contribution in [0.4, 0.5) is 0 Å². The summed E-state index contributed by atoms with van der Waals surface area (Å²) in [5, 5.41) is 26.8. The Bertz CT molecular complexity index is 171. The molecular formula is C11H22O4. The van der Waals surface area contributed by atoms with Crippen LogP contribution in [-0.4, -0.2) is 34.5 Å². The second-order valence-corrected chi connectivity index (χ2v) is 3.99. The number of carboxylic acids is 1. The Morgan fingerprint density at radius 2 is 1.53 bits per heavy atom. The summed E-state index contributed by atoms with van der Waals surface area (Å²) in [6.07, 6.45) is 3.43. The number of hydrogen-bond acceptors (Lipinski definition) is 3. The summed E-state index contributed by atoms with van der Waals surface area (Å²) in [5.74, 6) is -0.800. The molecule has 0 aromatic heterocycles. The van der Waals surface area contributed by atoms with Gasteiger partial charge in [-0.25, -0.2) is 0 Å². The lowest BCUT2D eigenvalue weighted by atomic mass is 9.75. The topological polar surface area (TPSA) is 77.8 Å². The summed E-state index contributed by atoms with van der Waals surface area (Å²) in [5.41, 5.74) is -0.750. The van der Waals surface area contributed by atoms with Crippen molar-refractivity contribution in [1.29, 1.82) is 0 Å². The largest absolute Gasteiger partial charge is 0.481 e. The predicted molar refractivity (Wildman–Crippen MR) is 57.6 cm³/mol. The number of rotatable bonds is 9. The summed E-state index contributed by atoms with van der Waals surface area (Å²) in [6.45, 7) is 2.01. The molecule has 90 valence electrons. The van der Waals surface area contributed by atoms with Gasteiger partial charge < -0.3 is 15.3 Å². The molecule has 4 nitrogen and oxygen atoms in total. The summed E-state index contributed by atoms with van der Waals surface area (Å²) in [4.78, 5) is 11.3. The minimum atomic E-state index is -0.800. The van der Waals surface area contributed by atoms with E-state index in [2.05, 4.69) is 0 Å². The van der Waals surface area contributed by atoms with Crippen LogP contribution in [-0.2, 0) is 4.79 Å². The molecule has 0 aromatic rings. The number of carbonyl (C=O) groups is 1. The first-order valence-corrected chi connectivity index (χ1v) is 5.58. The van der Waals surface area contributed by atoms with E-state index in [0.29, 0.717) is 32.1 Å². The lowest BCUT2D eigenvalue weighted by Crippen LogP contribution is -2.31. The zero-order valence-electron chi connectivity index (χ0n) is 9.41. The molecule has 0 heterocycles. The summed E-state index contributed by atoms with van der Waals surface area (Å²) >= 11 is 0. The standard InChI is InChI=1S/C11H22O4/c1-2-5-11(10(14)15,6-3-8-12)7-4-9-13/h12-13H,2-9H2,1H3,(H,14,15).